The quantitative estimate of drug-likeness (QED) is 0.741. The summed E-state index contributed by atoms with van der Waals surface area (Å²) in [6, 6.07) is 8.05. The molecule has 0 unspecified atom stereocenters. The summed E-state index contributed by atoms with van der Waals surface area (Å²) in [5.41, 5.74) is -1.23. The van der Waals surface area contributed by atoms with E-state index < -0.39 is 35.2 Å². The van der Waals surface area contributed by atoms with Gasteiger partial charge in [0.15, 0.2) is 0 Å². The number of rotatable bonds is 4. The van der Waals surface area contributed by atoms with E-state index in [0.717, 1.165) is 29.2 Å². The van der Waals surface area contributed by atoms with Crippen molar-refractivity contribution in [3.8, 4) is 6.07 Å². The highest BCUT2D eigenvalue weighted by Crippen LogP contribution is 2.36. The van der Waals surface area contributed by atoms with Crippen molar-refractivity contribution in [3.05, 3.63) is 63.9 Å². The monoisotopic (exact) mass is 451 g/mol. The molecule has 0 bridgehead atoms. The molecule has 2 aromatic rings. The van der Waals surface area contributed by atoms with Gasteiger partial charge in [0.25, 0.3) is 11.8 Å². The lowest BCUT2D eigenvalue weighted by Crippen LogP contribution is -2.47. The van der Waals surface area contributed by atoms with E-state index in [1.807, 2.05) is 0 Å². The van der Waals surface area contributed by atoms with Gasteiger partial charge in [-0.2, -0.15) is 14.0 Å². The molecule has 1 aliphatic heterocycles. The van der Waals surface area contributed by atoms with Gasteiger partial charge in [-0.15, -0.1) is 0 Å². The van der Waals surface area contributed by atoms with Crippen LogP contribution in [0.5, 0.6) is 0 Å². The van der Waals surface area contributed by atoms with Crippen LogP contribution in [-0.2, 0) is 10.7 Å². The van der Waals surface area contributed by atoms with Gasteiger partial charge in [0.2, 0.25) is 0 Å². The summed E-state index contributed by atoms with van der Waals surface area (Å²) >= 11 is 5.91. The van der Waals surface area contributed by atoms with Gasteiger partial charge in [0.05, 0.1) is 22.3 Å². The number of likely N-dealkylation sites (tertiary alicyclic amines) is 1. The number of nitriles is 1. The lowest BCUT2D eigenvalue weighted by molar-refractivity contribution is -0.161. The van der Waals surface area contributed by atoms with Crippen molar-refractivity contribution in [2.75, 3.05) is 18.4 Å². The van der Waals surface area contributed by atoms with Crippen molar-refractivity contribution in [2.24, 2.45) is 0 Å². The van der Waals surface area contributed by atoms with Crippen molar-refractivity contribution in [1.82, 2.24) is 4.90 Å². The van der Waals surface area contributed by atoms with Crippen LogP contribution >= 0.6 is 11.6 Å². The third-order valence-electron chi connectivity index (χ3n) is 4.93. The minimum Gasteiger partial charge on any atom is -0.393 e. The second-order valence-electron chi connectivity index (χ2n) is 7.05. The molecule has 0 saturated carbocycles. The molecule has 2 amide bonds. The molecule has 0 aromatic heterocycles. The molecule has 3 rings (SSSR count). The van der Waals surface area contributed by atoms with Crippen LogP contribution in [0.2, 0.25) is 5.02 Å². The number of carbonyl (C=O) groups is 2. The first kappa shape index (κ1) is 22.6. The lowest BCUT2D eigenvalue weighted by atomic mass is 10.0. The molecule has 162 valence electrons. The smallest absolute Gasteiger partial charge is 0.351 e. The third-order valence-corrected chi connectivity index (χ3v) is 5.26. The highest BCUT2D eigenvalue weighted by Gasteiger charge is 2.46. The fourth-order valence-electron chi connectivity index (χ4n) is 3.18. The van der Waals surface area contributed by atoms with Gasteiger partial charge in [-0.1, -0.05) is 11.6 Å². The second kappa shape index (κ2) is 8.96. The first-order valence-corrected chi connectivity index (χ1v) is 9.67. The maximum atomic E-state index is 15.0. The predicted molar refractivity (Wildman–Crippen MR) is 106 cm³/mol. The molecule has 1 saturated heterocycles. The number of alkyl halides is 2. The Kier molecular flexibility index (Phi) is 6.53. The van der Waals surface area contributed by atoms with Crippen molar-refractivity contribution >= 4 is 29.1 Å². The van der Waals surface area contributed by atoms with Crippen molar-refractivity contribution in [2.45, 2.75) is 24.9 Å². The van der Waals surface area contributed by atoms with E-state index in [2.05, 4.69) is 5.32 Å². The second-order valence-corrected chi connectivity index (χ2v) is 7.46. The molecular formula is C21H17ClF3N3O3. The minimum atomic E-state index is -3.99. The largest absolute Gasteiger partial charge is 0.393 e. The van der Waals surface area contributed by atoms with E-state index in [1.165, 1.54) is 12.1 Å². The van der Waals surface area contributed by atoms with Gasteiger partial charge in [-0.25, -0.2) is 4.39 Å². The highest BCUT2D eigenvalue weighted by atomic mass is 35.5. The highest BCUT2D eigenvalue weighted by molar-refractivity contribution is 6.32. The molecule has 0 aliphatic carbocycles. The summed E-state index contributed by atoms with van der Waals surface area (Å²) in [5.74, 6) is -7.02. The molecule has 0 spiro atoms. The molecule has 6 nitrogen and oxygen atoms in total. The Balaban J connectivity index is 1.84. The fourth-order valence-corrected chi connectivity index (χ4v) is 3.42. The zero-order chi connectivity index (χ0) is 22.8. The van der Waals surface area contributed by atoms with Crippen molar-refractivity contribution < 1.29 is 27.9 Å². The number of halogens is 4. The zero-order valence-corrected chi connectivity index (χ0v) is 16.8. The van der Waals surface area contributed by atoms with E-state index in [1.54, 1.807) is 6.07 Å². The fraction of sp³-hybridized carbons (Fsp3) is 0.286. The van der Waals surface area contributed by atoms with Crippen molar-refractivity contribution in [3.63, 3.8) is 0 Å². The van der Waals surface area contributed by atoms with Crippen LogP contribution in [0.1, 0.15) is 34.3 Å². The van der Waals surface area contributed by atoms with Gasteiger partial charge in [0.1, 0.15) is 11.9 Å². The number of hydrogen-bond acceptors (Lipinski definition) is 4. The number of aliphatic hydroxyl groups excluding tert-OH is 1. The number of hydrogen-bond donors (Lipinski definition) is 2. The summed E-state index contributed by atoms with van der Waals surface area (Å²) in [7, 11) is 0. The van der Waals surface area contributed by atoms with Gasteiger partial charge in [0, 0.05) is 24.3 Å². The Bertz CT molecular complexity index is 1060. The van der Waals surface area contributed by atoms with Gasteiger partial charge in [-0.05, 0) is 49.2 Å². The first-order valence-electron chi connectivity index (χ1n) is 9.29. The average Bonchev–Trinajstić information content (AvgIpc) is 2.75. The number of piperidine rings is 1. The summed E-state index contributed by atoms with van der Waals surface area (Å²) < 4.78 is 43.3. The molecule has 10 heteroatoms. The Morgan fingerprint density at radius 3 is 2.52 bits per heavy atom. The third kappa shape index (κ3) is 4.81. The Labute approximate surface area is 180 Å². The predicted octanol–water partition coefficient (Wildman–Crippen LogP) is 3.68. The number of nitrogens with one attached hydrogen (secondary N) is 1. The lowest BCUT2D eigenvalue weighted by Gasteiger charge is -2.32. The van der Waals surface area contributed by atoms with Crippen LogP contribution in [0, 0.1) is 17.1 Å². The van der Waals surface area contributed by atoms with Crippen LogP contribution in [0.3, 0.4) is 0 Å². The van der Waals surface area contributed by atoms with Crippen LogP contribution < -0.4 is 5.32 Å². The van der Waals surface area contributed by atoms with Crippen LogP contribution in [0.15, 0.2) is 36.4 Å². The number of amides is 2. The number of anilines is 1. The molecule has 2 aromatic carbocycles. The maximum absolute atomic E-state index is 15.0. The molecule has 2 N–H and O–H groups in total. The summed E-state index contributed by atoms with van der Waals surface area (Å²) in [4.78, 5) is 25.9. The first-order chi connectivity index (χ1) is 14.6. The molecule has 1 fully saturated rings. The molecule has 1 heterocycles. The number of aliphatic hydroxyl groups is 1. The summed E-state index contributed by atoms with van der Waals surface area (Å²) in [6.07, 6.45) is -0.248. The summed E-state index contributed by atoms with van der Waals surface area (Å²) in [5, 5.41) is 20.4. The molecule has 31 heavy (non-hydrogen) atoms. The van der Waals surface area contributed by atoms with Gasteiger partial charge < -0.3 is 15.3 Å². The molecule has 1 aliphatic rings. The van der Waals surface area contributed by atoms with Gasteiger partial charge >= 0.3 is 5.92 Å². The van der Waals surface area contributed by atoms with E-state index in [0.29, 0.717) is 0 Å². The van der Waals surface area contributed by atoms with E-state index in [-0.39, 0.29) is 47.8 Å². The average molecular weight is 452 g/mol. The normalized spacial score (nSPS) is 14.8. The summed E-state index contributed by atoms with van der Waals surface area (Å²) in [6.45, 7) is -0.0294. The molecular weight excluding hydrogens is 435 g/mol. The van der Waals surface area contributed by atoms with Crippen LogP contribution in [0.25, 0.3) is 0 Å². The van der Waals surface area contributed by atoms with Gasteiger partial charge in [-0.3, -0.25) is 9.59 Å². The Morgan fingerprint density at radius 1 is 1.19 bits per heavy atom. The minimum absolute atomic E-state index is 0.0147. The van der Waals surface area contributed by atoms with E-state index in [4.69, 9.17) is 16.9 Å². The van der Waals surface area contributed by atoms with Crippen LogP contribution in [-0.4, -0.2) is 41.0 Å². The standard InChI is InChI=1S/C21H17ClF3N3O3/c22-17-3-1-12(19(30)27-14-2-4-18(23)13(9-14)11-26)10-16(17)21(24,25)20(31)28-7-5-15(29)6-8-28/h1-4,9-10,15,29H,5-8H2,(H,27,30). The zero-order valence-electron chi connectivity index (χ0n) is 16.0. The van der Waals surface area contributed by atoms with Crippen molar-refractivity contribution in [1.29, 1.82) is 5.26 Å². The topological polar surface area (TPSA) is 93.4 Å². The Morgan fingerprint density at radius 2 is 1.87 bits per heavy atom. The molecule has 0 radical (unpaired) electrons. The maximum Gasteiger partial charge on any atom is 0.351 e. The SMILES string of the molecule is N#Cc1cc(NC(=O)c2ccc(Cl)c(C(F)(F)C(=O)N3CCC(O)CC3)c2)ccc1F. The Hall–Kier alpha value is -3.09. The number of benzene rings is 2. The number of nitrogens with zero attached hydrogens (tertiary/aromatic N) is 2. The van der Waals surface area contributed by atoms with E-state index >= 15 is 0 Å². The molecule has 0 atom stereocenters. The van der Waals surface area contributed by atoms with Crippen LogP contribution in [0.4, 0.5) is 18.9 Å². The number of carbonyl (C=O) groups excluding carboxylic acids is 2. The van der Waals surface area contributed by atoms with E-state index in [9.17, 15) is 27.9 Å².